The van der Waals surface area contributed by atoms with Gasteiger partial charge in [0.2, 0.25) is 29.5 Å². The van der Waals surface area contributed by atoms with Crippen LogP contribution in [0.25, 0.3) is 0 Å². The highest BCUT2D eigenvalue weighted by Crippen LogP contribution is 2.05. The molecule has 4 unspecified atom stereocenters. The molecule has 182 valence electrons. The lowest BCUT2D eigenvalue weighted by Crippen LogP contribution is -2.58. The third kappa shape index (κ3) is 11.5. The van der Waals surface area contributed by atoms with Gasteiger partial charge in [0.1, 0.15) is 24.2 Å². The summed E-state index contributed by atoms with van der Waals surface area (Å²) in [5.41, 5.74) is 15.5. The predicted molar refractivity (Wildman–Crippen MR) is 114 cm³/mol. The molecule has 0 aliphatic rings. The first kappa shape index (κ1) is 29.1. The van der Waals surface area contributed by atoms with Crippen molar-refractivity contribution < 1.29 is 39.0 Å². The predicted octanol–water partition coefficient (Wildman–Crippen LogP) is -4.26. The first-order valence-corrected chi connectivity index (χ1v) is 10.9. The van der Waals surface area contributed by atoms with Gasteiger partial charge in [0.25, 0.3) is 0 Å². The van der Waals surface area contributed by atoms with Crippen LogP contribution in [0.4, 0.5) is 0 Å². The fraction of sp³-hybridized carbons (Fsp3) is 0.647. The van der Waals surface area contributed by atoms with Crippen molar-refractivity contribution in [1.82, 2.24) is 16.0 Å². The number of nitrogens with one attached hydrogen (secondary N) is 3. The van der Waals surface area contributed by atoms with Gasteiger partial charge in [-0.15, -0.1) is 0 Å². The lowest BCUT2D eigenvalue weighted by atomic mass is 10.1. The van der Waals surface area contributed by atoms with Crippen molar-refractivity contribution in [2.24, 2.45) is 17.2 Å². The van der Waals surface area contributed by atoms with Gasteiger partial charge in [0.05, 0.1) is 13.0 Å². The molecule has 0 aromatic heterocycles. The van der Waals surface area contributed by atoms with Crippen LogP contribution in [0.1, 0.15) is 25.7 Å². The lowest BCUT2D eigenvalue weighted by molar-refractivity contribution is -0.142. The van der Waals surface area contributed by atoms with Crippen molar-refractivity contribution in [1.29, 1.82) is 0 Å². The molecular weight excluding hydrogens is 448 g/mol. The van der Waals surface area contributed by atoms with Gasteiger partial charge in [-0.05, 0) is 24.9 Å². The largest absolute Gasteiger partial charge is 0.480 e. The van der Waals surface area contributed by atoms with Crippen molar-refractivity contribution in [3.8, 4) is 0 Å². The highest BCUT2D eigenvalue weighted by atomic mass is 32.2. The number of nitrogens with two attached hydrogens (primary N) is 3. The molecule has 32 heavy (non-hydrogen) atoms. The lowest BCUT2D eigenvalue weighted by Gasteiger charge is -2.24. The molecule has 14 nitrogen and oxygen atoms in total. The van der Waals surface area contributed by atoms with Gasteiger partial charge in [0.15, 0.2) is 0 Å². The first-order valence-electron chi connectivity index (χ1n) is 9.48. The molecule has 15 heteroatoms. The number of carboxylic acids is 1. The maximum Gasteiger partial charge on any atom is 0.326 e. The molecule has 0 heterocycles. The van der Waals surface area contributed by atoms with Crippen LogP contribution in [0, 0.1) is 0 Å². The van der Waals surface area contributed by atoms with Crippen LogP contribution >= 0.6 is 11.8 Å². The number of thioether (sulfide) groups is 1. The van der Waals surface area contributed by atoms with Gasteiger partial charge in [0, 0.05) is 6.42 Å². The molecular formula is C17H30N6O8S. The maximum atomic E-state index is 12.6. The molecule has 0 aromatic carbocycles. The standard InChI is InChI=1S/C17H30N6O8S/c1-32-5-4-10(17(30)31)22-15(28)9(2-3-12(19)25)21-16(29)11(6-13(20)26)23-14(27)8(18)7-24/h8-11,24H,2-7,18H2,1H3,(H2,19,25)(H2,20,26)(H,21,29)(H,22,28)(H,23,27)(H,30,31). The normalized spacial score (nSPS) is 14.3. The van der Waals surface area contributed by atoms with E-state index >= 15 is 0 Å². The average molecular weight is 479 g/mol. The number of aliphatic hydroxyl groups is 1. The van der Waals surface area contributed by atoms with Crippen molar-refractivity contribution in [2.75, 3.05) is 18.6 Å². The van der Waals surface area contributed by atoms with Gasteiger partial charge in [-0.2, -0.15) is 11.8 Å². The monoisotopic (exact) mass is 478 g/mol. The number of amides is 5. The second-order valence-electron chi connectivity index (χ2n) is 6.77. The average Bonchev–Trinajstić information content (AvgIpc) is 2.71. The van der Waals surface area contributed by atoms with Crippen LogP contribution in [0.5, 0.6) is 0 Å². The van der Waals surface area contributed by atoms with Crippen LogP contribution in [-0.2, 0) is 28.8 Å². The minimum atomic E-state index is -1.53. The fourth-order valence-electron chi connectivity index (χ4n) is 2.37. The Morgan fingerprint density at radius 1 is 0.844 bits per heavy atom. The minimum Gasteiger partial charge on any atom is -0.480 e. The van der Waals surface area contributed by atoms with E-state index in [4.69, 9.17) is 22.3 Å². The summed E-state index contributed by atoms with van der Waals surface area (Å²) < 4.78 is 0. The quantitative estimate of drug-likeness (QED) is 0.106. The van der Waals surface area contributed by atoms with Gasteiger partial charge >= 0.3 is 5.97 Å². The molecule has 11 N–H and O–H groups in total. The number of hydrogen-bond donors (Lipinski definition) is 8. The molecule has 0 aliphatic heterocycles. The Kier molecular flexibility index (Phi) is 13.6. The van der Waals surface area contributed by atoms with Crippen molar-refractivity contribution in [3.05, 3.63) is 0 Å². The topological polar surface area (TPSA) is 257 Å². The van der Waals surface area contributed by atoms with E-state index in [2.05, 4.69) is 16.0 Å². The van der Waals surface area contributed by atoms with Gasteiger partial charge < -0.3 is 43.4 Å². The molecule has 5 amide bonds. The Balaban J connectivity index is 5.51. The van der Waals surface area contributed by atoms with Crippen molar-refractivity contribution in [2.45, 2.75) is 49.9 Å². The second kappa shape index (κ2) is 15.0. The van der Waals surface area contributed by atoms with Gasteiger partial charge in [-0.25, -0.2) is 4.79 Å². The Morgan fingerprint density at radius 2 is 1.38 bits per heavy atom. The summed E-state index contributed by atoms with van der Waals surface area (Å²) >= 11 is 1.37. The third-order valence-electron chi connectivity index (χ3n) is 4.11. The van der Waals surface area contributed by atoms with E-state index in [1.54, 1.807) is 6.26 Å². The zero-order chi connectivity index (χ0) is 24.8. The second-order valence-corrected chi connectivity index (χ2v) is 7.75. The Labute approximate surface area is 188 Å². The summed E-state index contributed by atoms with van der Waals surface area (Å²) in [6.45, 7) is -0.729. The SMILES string of the molecule is CSCCC(NC(=O)C(CCC(N)=O)NC(=O)C(CC(N)=O)NC(=O)C(N)CO)C(=O)O. The molecule has 0 saturated heterocycles. The third-order valence-corrected chi connectivity index (χ3v) is 4.75. The molecule has 0 bridgehead atoms. The summed E-state index contributed by atoms with van der Waals surface area (Å²) in [5.74, 6) is -5.44. The zero-order valence-electron chi connectivity index (χ0n) is 17.5. The Hall–Kier alpha value is -2.91. The molecule has 0 fully saturated rings. The molecule has 0 aliphatic carbocycles. The number of carbonyl (C=O) groups is 6. The zero-order valence-corrected chi connectivity index (χ0v) is 18.4. The van der Waals surface area contributed by atoms with Gasteiger partial charge in [-0.3, -0.25) is 24.0 Å². The summed E-state index contributed by atoms with van der Waals surface area (Å²) in [5, 5.41) is 24.9. The maximum absolute atomic E-state index is 12.6. The van der Waals surface area contributed by atoms with Crippen LogP contribution in [0.15, 0.2) is 0 Å². The van der Waals surface area contributed by atoms with E-state index in [1.807, 2.05) is 0 Å². The van der Waals surface area contributed by atoms with E-state index in [-0.39, 0.29) is 19.3 Å². The molecule has 0 saturated carbocycles. The Bertz CT molecular complexity index is 707. The fourth-order valence-corrected chi connectivity index (χ4v) is 2.84. The minimum absolute atomic E-state index is 0.109. The first-order chi connectivity index (χ1) is 14.9. The number of hydrogen-bond acceptors (Lipinski definition) is 9. The molecule has 0 radical (unpaired) electrons. The number of carboxylic acid groups (broad SMARTS) is 1. The van der Waals surface area contributed by atoms with E-state index in [1.165, 1.54) is 11.8 Å². The number of aliphatic hydroxyl groups excluding tert-OH is 1. The highest BCUT2D eigenvalue weighted by molar-refractivity contribution is 7.98. The van der Waals surface area contributed by atoms with Crippen LogP contribution in [-0.4, -0.2) is 88.5 Å². The smallest absolute Gasteiger partial charge is 0.326 e. The summed E-state index contributed by atoms with van der Waals surface area (Å²) in [7, 11) is 0. The summed E-state index contributed by atoms with van der Waals surface area (Å²) in [6.07, 6.45) is 0.633. The Morgan fingerprint density at radius 3 is 1.84 bits per heavy atom. The molecule has 4 atom stereocenters. The number of primary amides is 2. The van der Waals surface area contributed by atoms with Gasteiger partial charge in [-0.1, -0.05) is 0 Å². The number of carbonyl (C=O) groups excluding carboxylic acids is 5. The molecule has 0 spiro atoms. The summed E-state index contributed by atoms with van der Waals surface area (Å²) in [4.78, 5) is 70.9. The number of rotatable bonds is 16. The van der Waals surface area contributed by atoms with Crippen LogP contribution in [0.3, 0.4) is 0 Å². The van der Waals surface area contributed by atoms with E-state index in [0.29, 0.717) is 5.75 Å². The highest BCUT2D eigenvalue weighted by Gasteiger charge is 2.31. The van der Waals surface area contributed by atoms with Crippen molar-refractivity contribution >= 4 is 47.3 Å². The van der Waals surface area contributed by atoms with E-state index in [0.717, 1.165) is 0 Å². The van der Waals surface area contributed by atoms with Crippen LogP contribution in [0.2, 0.25) is 0 Å². The van der Waals surface area contributed by atoms with E-state index in [9.17, 15) is 33.9 Å². The number of aliphatic carboxylic acids is 1. The van der Waals surface area contributed by atoms with Crippen molar-refractivity contribution in [3.63, 3.8) is 0 Å². The summed E-state index contributed by atoms with van der Waals surface area (Å²) in [6, 6.07) is -5.55. The molecule has 0 aromatic rings. The molecule has 0 rings (SSSR count). The van der Waals surface area contributed by atoms with Crippen LogP contribution < -0.4 is 33.2 Å². The van der Waals surface area contributed by atoms with E-state index < -0.39 is 72.7 Å².